The minimum absolute atomic E-state index is 0. The standard InChI is InChI=1S/C14H8NO2.C11H8N.Ir/c16-14-9-11(12-6-3-4-8-15-12)10-5-1-2-7-13(10)17-14;1-2-6-10(7-3-1)11-8-4-5-9-12-11;/h1-8H;1-6,8-9H;/q2*-1;. The van der Waals surface area contributed by atoms with Gasteiger partial charge in [-0.2, -0.15) is 0 Å². The van der Waals surface area contributed by atoms with Gasteiger partial charge in [-0.05, 0) is 29.6 Å². The largest absolute Gasteiger partial charge is 0.446 e. The first kappa shape index (κ1) is 21.3. The second kappa shape index (κ2) is 10.4. The number of rotatable bonds is 2. The van der Waals surface area contributed by atoms with E-state index < -0.39 is 5.63 Å². The van der Waals surface area contributed by atoms with E-state index in [1.165, 1.54) is 0 Å². The van der Waals surface area contributed by atoms with Crippen molar-refractivity contribution in [2.24, 2.45) is 0 Å². The molecule has 3 heterocycles. The van der Waals surface area contributed by atoms with Gasteiger partial charge in [-0.25, -0.2) is 0 Å². The predicted molar refractivity (Wildman–Crippen MR) is 113 cm³/mol. The molecule has 0 atom stereocenters. The first-order valence-electron chi connectivity index (χ1n) is 9.06. The molecule has 0 unspecified atom stereocenters. The summed E-state index contributed by atoms with van der Waals surface area (Å²) in [5.74, 6) is 0. The number of aromatic nitrogens is 2. The van der Waals surface area contributed by atoms with Gasteiger partial charge in [0.1, 0.15) is 0 Å². The molecule has 0 aliphatic carbocycles. The number of hydrogen-bond donors (Lipinski definition) is 0. The molecule has 5 rings (SSSR count). The van der Waals surface area contributed by atoms with E-state index in [-0.39, 0.29) is 20.1 Å². The SMILES string of the molecule is O=c1[c-]c(-c2ccccn2)c2ccccc2o1.[Ir].[c-]1ccccc1-c1ccccn1. The Bertz CT molecular complexity index is 1220. The van der Waals surface area contributed by atoms with E-state index >= 15 is 0 Å². The summed E-state index contributed by atoms with van der Waals surface area (Å²) in [6.07, 6.45) is 3.47. The number of nitrogens with zero attached hydrogens (tertiary/aromatic N) is 2. The van der Waals surface area contributed by atoms with Gasteiger partial charge >= 0.3 is 0 Å². The fourth-order valence-electron chi connectivity index (χ4n) is 2.84. The van der Waals surface area contributed by atoms with Gasteiger partial charge in [-0.15, -0.1) is 47.5 Å². The van der Waals surface area contributed by atoms with Crippen molar-refractivity contribution in [3.63, 3.8) is 0 Å². The molecule has 0 aliphatic heterocycles. The van der Waals surface area contributed by atoms with Crippen molar-refractivity contribution < 1.29 is 24.5 Å². The van der Waals surface area contributed by atoms with Crippen LogP contribution in [-0.2, 0) is 20.1 Å². The first-order chi connectivity index (χ1) is 14.3. The Labute approximate surface area is 187 Å². The second-order valence-electron chi connectivity index (χ2n) is 6.09. The average Bonchev–Trinajstić information content (AvgIpc) is 2.81. The molecule has 149 valence electrons. The zero-order valence-corrected chi connectivity index (χ0v) is 18.2. The van der Waals surface area contributed by atoms with Crippen LogP contribution in [0.1, 0.15) is 0 Å². The van der Waals surface area contributed by atoms with Gasteiger partial charge < -0.3 is 14.4 Å². The molecule has 4 nitrogen and oxygen atoms in total. The summed E-state index contributed by atoms with van der Waals surface area (Å²) in [6, 6.07) is 32.4. The molecule has 3 aromatic heterocycles. The molecule has 0 saturated carbocycles. The molecule has 0 N–H and O–H groups in total. The Balaban J connectivity index is 0.000000175. The second-order valence-corrected chi connectivity index (χ2v) is 6.09. The van der Waals surface area contributed by atoms with Crippen LogP contribution < -0.4 is 5.63 Å². The van der Waals surface area contributed by atoms with Crippen LogP contribution >= 0.6 is 0 Å². The molecule has 0 fully saturated rings. The van der Waals surface area contributed by atoms with Crippen LogP contribution in [0.5, 0.6) is 0 Å². The van der Waals surface area contributed by atoms with Crippen LogP contribution in [0.4, 0.5) is 0 Å². The van der Waals surface area contributed by atoms with Gasteiger partial charge in [0.15, 0.2) is 0 Å². The van der Waals surface area contributed by atoms with E-state index in [1.54, 1.807) is 18.5 Å². The van der Waals surface area contributed by atoms with Crippen molar-refractivity contribution in [3.8, 4) is 22.5 Å². The molecule has 5 aromatic rings. The molecule has 0 spiro atoms. The fourth-order valence-corrected chi connectivity index (χ4v) is 2.84. The summed E-state index contributed by atoms with van der Waals surface area (Å²) in [5.41, 5.74) is 3.48. The third-order valence-corrected chi connectivity index (χ3v) is 4.16. The Morgan fingerprint density at radius 3 is 2.07 bits per heavy atom. The molecule has 0 saturated heterocycles. The molecule has 5 heteroatoms. The maximum atomic E-state index is 11.4. The van der Waals surface area contributed by atoms with E-state index in [4.69, 9.17) is 4.42 Å². The molecule has 0 aliphatic rings. The molecule has 0 bridgehead atoms. The monoisotopic (exact) mass is 569 g/mol. The number of para-hydroxylation sites is 1. The number of pyridine rings is 2. The van der Waals surface area contributed by atoms with Gasteiger partial charge in [0.05, 0.1) is 5.58 Å². The first-order valence-corrected chi connectivity index (χ1v) is 9.06. The van der Waals surface area contributed by atoms with E-state index in [0.29, 0.717) is 11.1 Å². The Kier molecular flexibility index (Phi) is 7.39. The fraction of sp³-hybridized carbons (Fsp3) is 0. The smallest absolute Gasteiger partial charge is 0.274 e. The summed E-state index contributed by atoms with van der Waals surface area (Å²) in [7, 11) is 0. The van der Waals surface area contributed by atoms with Crippen LogP contribution in [0.2, 0.25) is 0 Å². The maximum Gasteiger partial charge on any atom is 0.274 e. The summed E-state index contributed by atoms with van der Waals surface area (Å²) in [6.45, 7) is 0. The van der Waals surface area contributed by atoms with E-state index in [9.17, 15) is 4.79 Å². The molecule has 2 aromatic carbocycles. The Morgan fingerprint density at radius 1 is 0.733 bits per heavy atom. The molecule has 30 heavy (non-hydrogen) atoms. The van der Waals surface area contributed by atoms with Crippen LogP contribution in [0, 0.1) is 12.1 Å². The molecular formula is C25H16IrN2O2-2. The van der Waals surface area contributed by atoms with Gasteiger partial charge in [0.25, 0.3) is 5.63 Å². The molecule has 1 radical (unpaired) electrons. The van der Waals surface area contributed by atoms with Crippen LogP contribution in [0.3, 0.4) is 0 Å². The Morgan fingerprint density at radius 2 is 1.40 bits per heavy atom. The van der Waals surface area contributed by atoms with Gasteiger partial charge in [0, 0.05) is 32.5 Å². The van der Waals surface area contributed by atoms with Gasteiger partial charge in [0.2, 0.25) is 0 Å². The minimum atomic E-state index is -0.482. The quantitative estimate of drug-likeness (QED) is 0.217. The van der Waals surface area contributed by atoms with Crippen molar-refractivity contribution in [3.05, 3.63) is 120 Å². The van der Waals surface area contributed by atoms with Crippen molar-refractivity contribution in [2.75, 3.05) is 0 Å². The van der Waals surface area contributed by atoms with E-state index in [2.05, 4.69) is 22.1 Å². The van der Waals surface area contributed by atoms with Gasteiger partial charge in [-0.3, -0.25) is 4.79 Å². The number of fused-ring (bicyclic) bond motifs is 1. The summed E-state index contributed by atoms with van der Waals surface area (Å²) >= 11 is 0. The zero-order chi connectivity index (χ0) is 19.9. The average molecular weight is 569 g/mol. The topological polar surface area (TPSA) is 56.0 Å². The van der Waals surface area contributed by atoms with Gasteiger partial charge in [-0.1, -0.05) is 47.9 Å². The van der Waals surface area contributed by atoms with Crippen molar-refractivity contribution in [1.29, 1.82) is 0 Å². The third kappa shape index (κ3) is 5.15. The Hall–Kier alpha value is -3.40. The summed E-state index contributed by atoms with van der Waals surface area (Å²) in [4.78, 5) is 19.9. The number of benzene rings is 2. The predicted octanol–water partition coefficient (Wildman–Crippen LogP) is 5.20. The van der Waals surface area contributed by atoms with Crippen LogP contribution in [0.15, 0.2) is 107 Å². The summed E-state index contributed by atoms with van der Waals surface area (Å²) < 4.78 is 5.08. The molecular weight excluding hydrogens is 553 g/mol. The van der Waals surface area contributed by atoms with Crippen molar-refractivity contribution in [1.82, 2.24) is 9.97 Å². The van der Waals surface area contributed by atoms with Crippen LogP contribution in [0.25, 0.3) is 33.5 Å². The summed E-state index contributed by atoms with van der Waals surface area (Å²) in [5, 5.41) is 0.839. The van der Waals surface area contributed by atoms with Crippen molar-refractivity contribution >= 4 is 11.0 Å². The number of hydrogen-bond acceptors (Lipinski definition) is 4. The minimum Gasteiger partial charge on any atom is -0.446 e. The van der Waals surface area contributed by atoms with Crippen molar-refractivity contribution in [2.45, 2.75) is 0 Å². The normalized spacial score (nSPS) is 9.87. The van der Waals surface area contributed by atoms with E-state index in [0.717, 1.165) is 22.3 Å². The zero-order valence-electron chi connectivity index (χ0n) is 15.8. The third-order valence-electron chi connectivity index (χ3n) is 4.16. The van der Waals surface area contributed by atoms with E-state index in [1.807, 2.05) is 78.9 Å². The molecule has 0 amide bonds. The van der Waals surface area contributed by atoms with Crippen LogP contribution in [-0.4, -0.2) is 9.97 Å². The maximum absolute atomic E-state index is 11.4.